The zero-order chi connectivity index (χ0) is 17.1. The number of aliphatic hydroxyl groups excluding tert-OH is 1. The number of aliphatic hydroxyl groups is 1. The van der Waals surface area contributed by atoms with Crippen LogP contribution in [0.15, 0.2) is 23.3 Å². The van der Waals surface area contributed by atoms with Crippen LogP contribution in [0.5, 0.6) is 0 Å². The fraction of sp³-hybridized carbons (Fsp3) is 0.750. The number of hydrogen-bond acceptors (Lipinski definition) is 4. The Balaban J connectivity index is 1.81. The first-order chi connectivity index (χ1) is 11.5. The monoisotopic (exact) mass is 333 g/mol. The van der Waals surface area contributed by atoms with Crippen LogP contribution in [0.25, 0.3) is 0 Å². The molecule has 3 rings (SSSR count). The number of nitrogens with zero attached hydrogens (tertiary/aromatic N) is 1. The van der Waals surface area contributed by atoms with Crippen molar-refractivity contribution in [2.75, 3.05) is 19.6 Å². The predicted molar refractivity (Wildman–Crippen MR) is 94.5 cm³/mol. The molecule has 2 aliphatic heterocycles. The SMILES string of the molecule is CC1=C[C@@H](O)[C@@H]2[C@H](CC(C)=CCC1)OC(=O)[C@H]2CN1CCCCC1. The van der Waals surface area contributed by atoms with E-state index in [9.17, 15) is 9.90 Å². The molecule has 4 atom stereocenters. The molecule has 0 saturated carbocycles. The van der Waals surface area contributed by atoms with Crippen LogP contribution in [0, 0.1) is 11.8 Å². The lowest BCUT2D eigenvalue weighted by Gasteiger charge is -2.31. The van der Waals surface area contributed by atoms with E-state index in [1.54, 1.807) is 0 Å². The Kier molecular flexibility index (Phi) is 5.77. The number of carbonyl (C=O) groups is 1. The molecule has 4 heteroatoms. The van der Waals surface area contributed by atoms with Gasteiger partial charge >= 0.3 is 5.97 Å². The number of ether oxygens (including phenoxy) is 1. The molecular formula is C20H31NO3. The first-order valence-corrected chi connectivity index (χ1v) is 9.48. The number of rotatable bonds is 2. The molecule has 2 saturated heterocycles. The zero-order valence-corrected chi connectivity index (χ0v) is 15.0. The Morgan fingerprint density at radius 3 is 2.71 bits per heavy atom. The van der Waals surface area contributed by atoms with Gasteiger partial charge in [0.05, 0.1) is 12.0 Å². The van der Waals surface area contributed by atoms with Gasteiger partial charge < -0.3 is 14.7 Å². The summed E-state index contributed by atoms with van der Waals surface area (Å²) in [6.45, 7) is 7.03. The quantitative estimate of drug-likeness (QED) is 0.623. The number of carbonyl (C=O) groups excluding carboxylic acids is 1. The van der Waals surface area contributed by atoms with E-state index in [4.69, 9.17) is 4.74 Å². The van der Waals surface area contributed by atoms with E-state index in [-0.39, 0.29) is 23.9 Å². The molecule has 1 N–H and O–H groups in total. The van der Waals surface area contributed by atoms with Gasteiger partial charge in [0.25, 0.3) is 0 Å². The van der Waals surface area contributed by atoms with Crippen LogP contribution in [0.2, 0.25) is 0 Å². The van der Waals surface area contributed by atoms with Crippen molar-refractivity contribution < 1.29 is 14.6 Å². The molecule has 4 nitrogen and oxygen atoms in total. The highest BCUT2D eigenvalue weighted by molar-refractivity contribution is 5.76. The Morgan fingerprint density at radius 2 is 1.96 bits per heavy atom. The summed E-state index contributed by atoms with van der Waals surface area (Å²) in [6, 6.07) is 0. The first kappa shape index (κ1) is 17.7. The summed E-state index contributed by atoms with van der Waals surface area (Å²) in [5.41, 5.74) is 2.46. The molecule has 0 aromatic heterocycles. The molecule has 0 spiro atoms. The lowest BCUT2D eigenvalue weighted by Crippen LogP contribution is -2.41. The van der Waals surface area contributed by atoms with Gasteiger partial charge in [0.2, 0.25) is 0 Å². The van der Waals surface area contributed by atoms with E-state index in [0.717, 1.165) is 38.9 Å². The molecule has 2 fully saturated rings. The molecule has 134 valence electrons. The largest absolute Gasteiger partial charge is 0.461 e. The van der Waals surface area contributed by atoms with Crippen LogP contribution in [0.1, 0.15) is 52.4 Å². The molecule has 24 heavy (non-hydrogen) atoms. The molecular weight excluding hydrogens is 302 g/mol. The van der Waals surface area contributed by atoms with Crippen LogP contribution in [-0.2, 0) is 9.53 Å². The van der Waals surface area contributed by atoms with E-state index >= 15 is 0 Å². The summed E-state index contributed by atoms with van der Waals surface area (Å²) in [5, 5.41) is 10.8. The van der Waals surface area contributed by atoms with Gasteiger partial charge in [-0.25, -0.2) is 0 Å². The van der Waals surface area contributed by atoms with Crippen molar-refractivity contribution in [3.05, 3.63) is 23.3 Å². The van der Waals surface area contributed by atoms with E-state index < -0.39 is 6.10 Å². The minimum Gasteiger partial charge on any atom is -0.461 e. The number of esters is 1. The average Bonchev–Trinajstić information content (AvgIpc) is 2.83. The number of fused-ring (bicyclic) bond motifs is 1. The van der Waals surface area contributed by atoms with Crippen molar-refractivity contribution in [3.8, 4) is 0 Å². The summed E-state index contributed by atoms with van der Waals surface area (Å²) in [4.78, 5) is 14.9. The minimum absolute atomic E-state index is 0.118. The maximum atomic E-state index is 12.5. The van der Waals surface area contributed by atoms with Gasteiger partial charge in [0.15, 0.2) is 0 Å². The smallest absolute Gasteiger partial charge is 0.311 e. The highest BCUT2D eigenvalue weighted by Crippen LogP contribution is 2.37. The number of piperidine rings is 1. The van der Waals surface area contributed by atoms with E-state index in [1.807, 2.05) is 6.08 Å². The zero-order valence-electron chi connectivity index (χ0n) is 15.0. The molecule has 0 aromatic carbocycles. The van der Waals surface area contributed by atoms with Gasteiger partial charge in [0, 0.05) is 18.9 Å². The summed E-state index contributed by atoms with van der Waals surface area (Å²) in [7, 11) is 0. The Labute approximate surface area is 145 Å². The van der Waals surface area contributed by atoms with Crippen molar-refractivity contribution >= 4 is 5.97 Å². The van der Waals surface area contributed by atoms with Crippen molar-refractivity contribution in [2.45, 2.75) is 64.6 Å². The van der Waals surface area contributed by atoms with E-state index in [2.05, 4.69) is 24.8 Å². The summed E-state index contributed by atoms with van der Waals surface area (Å²) in [5.74, 6) is -0.456. The molecule has 1 aliphatic carbocycles. The third-order valence-electron chi connectivity index (χ3n) is 5.77. The second kappa shape index (κ2) is 7.83. The van der Waals surface area contributed by atoms with Gasteiger partial charge in [-0.2, -0.15) is 0 Å². The molecule has 0 amide bonds. The Morgan fingerprint density at radius 1 is 1.21 bits per heavy atom. The van der Waals surface area contributed by atoms with Crippen LogP contribution in [0.3, 0.4) is 0 Å². The standard InChI is InChI=1S/C20H31NO3/c1-14-7-6-8-15(2)12-18-19(17(22)11-14)16(20(23)24-18)13-21-9-4-3-5-10-21/h8,11,16-19,22H,3-7,9-10,12-13H2,1-2H3/t16-,17+,18-,19+/m0/s1. The maximum Gasteiger partial charge on any atom is 0.311 e. The summed E-state index contributed by atoms with van der Waals surface area (Å²) < 4.78 is 5.73. The molecule has 0 aromatic rings. The van der Waals surface area contributed by atoms with Gasteiger partial charge in [0.1, 0.15) is 6.10 Å². The average molecular weight is 333 g/mol. The van der Waals surface area contributed by atoms with Crippen LogP contribution in [0.4, 0.5) is 0 Å². The fourth-order valence-electron chi connectivity index (χ4n) is 4.42. The molecule has 0 unspecified atom stereocenters. The maximum absolute atomic E-state index is 12.5. The van der Waals surface area contributed by atoms with Crippen molar-refractivity contribution in [2.24, 2.45) is 11.8 Å². The minimum atomic E-state index is -0.595. The fourth-order valence-corrected chi connectivity index (χ4v) is 4.42. The molecule has 2 heterocycles. The van der Waals surface area contributed by atoms with E-state index in [0.29, 0.717) is 0 Å². The number of allylic oxidation sites excluding steroid dienone is 2. The summed E-state index contributed by atoms with van der Waals surface area (Å²) >= 11 is 0. The second-order valence-corrected chi connectivity index (χ2v) is 7.82. The summed E-state index contributed by atoms with van der Waals surface area (Å²) in [6.07, 6.45) is 9.82. The van der Waals surface area contributed by atoms with Crippen LogP contribution < -0.4 is 0 Å². The third-order valence-corrected chi connectivity index (χ3v) is 5.77. The number of hydrogen-bond donors (Lipinski definition) is 1. The van der Waals surface area contributed by atoms with Crippen molar-refractivity contribution in [1.82, 2.24) is 4.90 Å². The molecule has 0 bridgehead atoms. The lowest BCUT2D eigenvalue weighted by molar-refractivity contribution is -0.144. The first-order valence-electron chi connectivity index (χ1n) is 9.48. The van der Waals surface area contributed by atoms with Crippen LogP contribution >= 0.6 is 0 Å². The molecule has 0 radical (unpaired) electrons. The highest BCUT2D eigenvalue weighted by Gasteiger charge is 2.48. The lowest BCUT2D eigenvalue weighted by atomic mass is 9.81. The Hall–Kier alpha value is -1.13. The normalized spacial score (nSPS) is 35.7. The second-order valence-electron chi connectivity index (χ2n) is 7.82. The van der Waals surface area contributed by atoms with Gasteiger partial charge in [-0.15, -0.1) is 0 Å². The predicted octanol–water partition coefficient (Wildman–Crippen LogP) is 3.07. The van der Waals surface area contributed by atoms with Gasteiger partial charge in [-0.3, -0.25) is 4.79 Å². The number of likely N-dealkylation sites (tertiary alicyclic amines) is 1. The van der Waals surface area contributed by atoms with Crippen LogP contribution in [-0.4, -0.2) is 47.8 Å². The van der Waals surface area contributed by atoms with E-state index in [1.165, 1.54) is 30.4 Å². The van der Waals surface area contributed by atoms with Gasteiger partial charge in [-0.05, 0) is 52.6 Å². The van der Waals surface area contributed by atoms with Gasteiger partial charge in [-0.1, -0.05) is 29.7 Å². The van der Waals surface area contributed by atoms with Crippen molar-refractivity contribution in [3.63, 3.8) is 0 Å². The third kappa shape index (κ3) is 4.09. The topological polar surface area (TPSA) is 49.8 Å². The molecule has 3 aliphatic rings. The van der Waals surface area contributed by atoms with Crippen molar-refractivity contribution in [1.29, 1.82) is 0 Å². The Bertz CT molecular complexity index is 519. The highest BCUT2D eigenvalue weighted by atomic mass is 16.6.